The number of halogens is 2. The fourth-order valence-corrected chi connectivity index (χ4v) is 6.00. The van der Waals surface area contributed by atoms with Crippen LogP contribution in [0, 0.1) is 0 Å². The zero-order valence-electron chi connectivity index (χ0n) is 21.2. The van der Waals surface area contributed by atoms with Crippen molar-refractivity contribution in [1.29, 1.82) is 0 Å². The van der Waals surface area contributed by atoms with Gasteiger partial charge in [-0.3, -0.25) is 4.79 Å². The summed E-state index contributed by atoms with van der Waals surface area (Å²) in [6, 6.07) is 15.8. The van der Waals surface area contributed by atoms with E-state index >= 15 is 0 Å². The maximum Gasteiger partial charge on any atom is 0.253 e. The summed E-state index contributed by atoms with van der Waals surface area (Å²) in [4.78, 5) is 22.1. The van der Waals surface area contributed by atoms with Gasteiger partial charge >= 0.3 is 0 Å². The van der Waals surface area contributed by atoms with Crippen LogP contribution in [-0.4, -0.2) is 90.0 Å². The van der Waals surface area contributed by atoms with Crippen molar-refractivity contribution in [2.75, 3.05) is 53.4 Å². The summed E-state index contributed by atoms with van der Waals surface area (Å²) < 4.78 is 0. The van der Waals surface area contributed by atoms with Gasteiger partial charge in [0.15, 0.2) is 5.11 Å². The minimum Gasteiger partial charge on any atom is -0.352 e. The highest BCUT2D eigenvalue weighted by molar-refractivity contribution is 7.80. The molecule has 0 radical (unpaired) electrons. The van der Waals surface area contributed by atoms with E-state index in [2.05, 4.69) is 21.7 Å². The normalized spacial score (nSPS) is 18.4. The molecule has 0 unspecified atom stereocenters. The highest BCUT2D eigenvalue weighted by Gasteiger charge is 2.30. The van der Waals surface area contributed by atoms with E-state index < -0.39 is 0 Å². The lowest BCUT2D eigenvalue weighted by Gasteiger charge is -2.44. The van der Waals surface area contributed by atoms with Gasteiger partial charge in [-0.2, -0.15) is 0 Å². The molecule has 1 atom stereocenters. The van der Waals surface area contributed by atoms with Crippen molar-refractivity contribution in [2.24, 2.45) is 0 Å². The Morgan fingerprint density at radius 3 is 2.47 bits per heavy atom. The van der Waals surface area contributed by atoms with Gasteiger partial charge in [-0.1, -0.05) is 47.5 Å². The second-order valence-electron chi connectivity index (χ2n) is 10.0. The molecular weight excluding hydrogens is 511 g/mol. The Kier molecular flexibility index (Phi) is 9.51. The predicted molar refractivity (Wildman–Crippen MR) is 153 cm³/mol. The zero-order valence-corrected chi connectivity index (χ0v) is 23.5. The Hall–Kier alpha value is -1.86. The summed E-state index contributed by atoms with van der Waals surface area (Å²) >= 11 is 18.3. The van der Waals surface area contributed by atoms with Crippen LogP contribution in [-0.2, 0) is 0 Å². The summed E-state index contributed by atoms with van der Waals surface area (Å²) in [6.07, 6.45) is 4.40. The molecule has 0 saturated carbocycles. The first-order valence-electron chi connectivity index (χ1n) is 12.8. The monoisotopic (exact) mass is 546 g/mol. The van der Waals surface area contributed by atoms with Gasteiger partial charge in [0.2, 0.25) is 0 Å². The van der Waals surface area contributed by atoms with E-state index in [0.29, 0.717) is 28.2 Å². The number of hydrogen-bond donors (Lipinski definition) is 0. The Balaban J connectivity index is 1.38. The lowest BCUT2D eigenvalue weighted by atomic mass is 9.93. The van der Waals surface area contributed by atoms with E-state index in [1.54, 1.807) is 0 Å². The zero-order chi connectivity index (χ0) is 25.7. The van der Waals surface area contributed by atoms with Crippen molar-refractivity contribution < 1.29 is 4.79 Å². The number of likely N-dealkylation sites (tertiary alicyclic amines) is 1. The SMILES string of the molecule is CN(C[C@@H](CCN1CCC(N2CCCN(C)C2=S)CC1)c1ccc(Cl)c(Cl)c1)C(=O)c1ccccc1. The third-order valence-electron chi connectivity index (χ3n) is 7.53. The third kappa shape index (κ3) is 6.71. The van der Waals surface area contributed by atoms with Crippen LogP contribution in [0.25, 0.3) is 0 Å². The first kappa shape index (κ1) is 27.2. The average molecular weight is 548 g/mol. The van der Waals surface area contributed by atoms with E-state index in [0.717, 1.165) is 62.7 Å². The molecule has 194 valence electrons. The Morgan fingerprint density at radius 2 is 1.78 bits per heavy atom. The summed E-state index contributed by atoms with van der Waals surface area (Å²) in [5.74, 6) is 0.197. The number of likely N-dealkylation sites (N-methyl/N-ethyl adjacent to an activating group) is 1. The molecule has 0 spiro atoms. The van der Waals surface area contributed by atoms with Crippen molar-refractivity contribution >= 4 is 46.4 Å². The lowest BCUT2D eigenvalue weighted by molar-refractivity contribution is 0.0780. The smallest absolute Gasteiger partial charge is 0.253 e. The number of hydrogen-bond acceptors (Lipinski definition) is 3. The Bertz CT molecular complexity index is 1050. The molecule has 1 amide bonds. The minimum absolute atomic E-state index is 0.0314. The van der Waals surface area contributed by atoms with E-state index in [4.69, 9.17) is 35.4 Å². The van der Waals surface area contributed by atoms with Crippen molar-refractivity contribution in [3.05, 3.63) is 69.7 Å². The number of thiocarbonyl (C=S) groups is 1. The molecular formula is C28H36Cl2N4OS. The van der Waals surface area contributed by atoms with E-state index in [-0.39, 0.29) is 11.8 Å². The standard InChI is InChI=1S/C28H36Cl2N4OS/c1-31-14-6-15-34(28(31)36)24-12-17-33(18-13-24)16-11-23(22-9-10-25(29)26(30)19-22)20-32(2)27(35)21-7-4-3-5-8-21/h3-5,7-10,19,23-24H,6,11-18,20H2,1-2H3/t23-/m1/s1. The molecule has 2 aliphatic rings. The molecule has 2 heterocycles. The number of carbonyl (C=O) groups excluding carboxylic acids is 1. The molecule has 0 aromatic heterocycles. The maximum atomic E-state index is 13.0. The van der Waals surface area contributed by atoms with Crippen molar-refractivity contribution in [3.63, 3.8) is 0 Å². The number of carbonyl (C=O) groups is 1. The summed E-state index contributed by atoms with van der Waals surface area (Å²) in [5.41, 5.74) is 1.82. The Morgan fingerprint density at radius 1 is 1.06 bits per heavy atom. The second-order valence-corrected chi connectivity index (χ2v) is 11.2. The van der Waals surface area contributed by atoms with Gasteiger partial charge in [-0.25, -0.2) is 0 Å². The van der Waals surface area contributed by atoms with Crippen LogP contribution in [0.5, 0.6) is 0 Å². The minimum atomic E-state index is 0.0314. The fourth-order valence-electron chi connectivity index (χ4n) is 5.36. The van der Waals surface area contributed by atoms with Crippen LogP contribution < -0.4 is 0 Å². The second kappa shape index (κ2) is 12.6. The third-order valence-corrected chi connectivity index (χ3v) is 8.82. The Labute approximate surface area is 230 Å². The van der Waals surface area contributed by atoms with Crippen molar-refractivity contribution in [1.82, 2.24) is 19.6 Å². The van der Waals surface area contributed by atoms with E-state index in [1.807, 2.05) is 60.5 Å². The van der Waals surface area contributed by atoms with Crippen LogP contribution in [0.2, 0.25) is 10.0 Å². The van der Waals surface area contributed by atoms with Gasteiger partial charge < -0.3 is 19.6 Å². The van der Waals surface area contributed by atoms with Gasteiger partial charge in [-0.05, 0) is 74.3 Å². The molecule has 4 rings (SSSR count). The van der Waals surface area contributed by atoms with Gasteiger partial charge in [0.25, 0.3) is 5.91 Å². The quantitative estimate of drug-likeness (QED) is 0.400. The molecule has 5 nitrogen and oxygen atoms in total. The van der Waals surface area contributed by atoms with E-state index in [9.17, 15) is 4.79 Å². The highest BCUT2D eigenvalue weighted by Crippen LogP contribution is 2.30. The molecule has 2 aliphatic heterocycles. The fraction of sp³-hybridized carbons (Fsp3) is 0.500. The first-order valence-corrected chi connectivity index (χ1v) is 14.0. The van der Waals surface area contributed by atoms with Gasteiger partial charge in [-0.15, -0.1) is 0 Å². The number of nitrogens with zero attached hydrogens (tertiary/aromatic N) is 4. The molecule has 36 heavy (non-hydrogen) atoms. The molecule has 2 aromatic rings. The van der Waals surface area contributed by atoms with Gasteiger partial charge in [0, 0.05) is 64.3 Å². The largest absolute Gasteiger partial charge is 0.352 e. The highest BCUT2D eigenvalue weighted by atomic mass is 35.5. The molecule has 8 heteroatoms. The van der Waals surface area contributed by atoms with Crippen LogP contribution in [0.1, 0.15) is 47.5 Å². The lowest BCUT2D eigenvalue weighted by Crippen LogP contribution is -2.54. The van der Waals surface area contributed by atoms with Crippen LogP contribution in [0.15, 0.2) is 48.5 Å². The average Bonchev–Trinajstić information content (AvgIpc) is 2.90. The summed E-state index contributed by atoms with van der Waals surface area (Å²) in [7, 11) is 3.98. The topological polar surface area (TPSA) is 30.0 Å². The number of amides is 1. The number of rotatable bonds is 8. The molecule has 2 aromatic carbocycles. The predicted octanol–water partition coefficient (Wildman–Crippen LogP) is 5.63. The molecule has 0 N–H and O–H groups in total. The van der Waals surface area contributed by atoms with Gasteiger partial charge in [0.05, 0.1) is 10.0 Å². The molecule has 0 bridgehead atoms. The van der Waals surface area contributed by atoms with Crippen molar-refractivity contribution in [3.8, 4) is 0 Å². The first-order chi connectivity index (χ1) is 17.3. The van der Waals surface area contributed by atoms with Crippen molar-refractivity contribution in [2.45, 2.75) is 37.6 Å². The maximum absolute atomic E-state index is 13.0. The van der Waals surface area contributed by atoms with Crippen LogP contribution in [0.4, 0.5) is 0 Å². The van der Waals surface area contributed by atoms with E-state index in [1.165, 1.54) is 6.42 Å². The number of benzene rings is 2. The summed E-state index contributed by atoms with van der Waals surface area (Å²) in [6.45, 7) is 5.88. The molecule has 2 saturated heterocycles. The molecule has 2 fully saturated rings. The summed E-state index contributed by atoms with van der Waals surface area (Å²) in [5, 5.41) is 2.11. The molecule has 0 aliphatic carbocycles. The number of piperidine rings is 1. The van der Waals surface area contributed by atoms with Crippen LogP contribution >= 0.6 is 35.4 Å². The van der Waals surface area contributed by atoms with Gasteiger partial charge in [0.1, 0.15) is 0 Å². The van der Waals surface area contributed by atoms with Crippen LogP contribution in [0.3, 0.4) is 0 Å².